The van der Waals surface area contributed by atoms with Gasteiger partial charge in [0.05, 0.1) is 13.2 Å². The van der Waals surface area contributed by atoms with Crippen molar-refractivity contribution >= 4 is 0 Å². The Morgan fingerprint density at radius 3 is 2.56 bits per heavy atom. The highest BCUT2D eigenvalue weighted by Gasteiger charge is 2.12. The molecule has 0 unspecified atom stereocenters. The summed E-state index contributed by atoms with van der Waals surface area (Å²) >= 11 is 0. The van der Waals surface area contributed by atoms with Gasteiger partial charge in [0.1, 0.15) is 6.61 Å². The summed E-state index contributed by atoms with van der Waals surface area (Å²) in [6.45, 7) is 0.0863. The van der Waals surface area contributed by atoms with Crippen LogP contribution in [0.5, 0.6) is 5.75 Å². The van der Waals surface area contributed by atoms with Gasteiger partial charge in [-0.05, 0) is 23.8 Å². The minimum Gasteiger partial charge on any atom is -0.486 e. The summed E-state index contributed by atoms with van der Waals surface area (Å²) in [6, 6.07) is 3.84. The number of aliphatic hydroxyl groups is 1. The third-order valence-electron chi connectivity index (χ3n) is 2.37. The van der Waals surface area contributed by atoms with Gasteiger partial charge in [0.2, 0.25) is 0 Å². The van der Waals surface area contributed by atoms with Crippen LogP contribution in [0.2, 0.25) is 0 Å². The van der Waals surface area contributed by atoms with Crippen molar-refractivity contribution in [2.24, 2.45) is 0 Å². The molecule has 1 heterocycles. The second-order valence-electron chi connectivity index (χ2n) is 3.66. The molecule has 6 heteroatoms. The molecule has 2 aromatic rings. The third-order valence-corrected chi connectivity index (χ3v) is 2.37. The zero-order valence-electron chi connectivity index (χ0n) is 9.51. The topological polar surface area (TPSA) is 47.3 Å². The standard InChI is InChI=1S/C12H12F2N2O2/c13-10-6-9(8-17)7-11(14)12(10)18-5-4-16-3-1-2-15-16/h1-3,6-7,17H,4-5,8H2. The second kappa shape index (κ2) is 5.59. The van der Waals surface area contributed by atoms with Crippen LogP contribution < -0.4 is 4.74 Å². The highest BCUT2D eigenvalue weighted by atomic mass is 19.1. The van der Waals surface area contributed by atoms with Crippen LogP contribution in [0.1, 0.15) is 5.56 Å². The van der Waals surface area contributed by atoms with Gasteiger partial charge in [-0.15, -0.1) is 0 Å². The molecule has 0 bridgehead atoms. The Labute approximate surface area is 102 Å². The van der Waals surface area contributed by atoms with Crippen molar-refractivity contribution in [3.05, 3.63) is 47.8 Å². The second-order valence-corrected chi connectivity index (χ2v) is 3.66. The van der Waals surface area contributed by atoms with Crippen LogP contribution in [-0.2, 0) is 13.2 Å². The van der Waals surface area contributed by atoms with Gasteiger partial charge in [-0.25, -0.2) is 8.78 Å². The minimum absolute atomic E-state index is 0.105. The summed E-state index contributed by atoms with van der Waals surface area (Å²) in [5, 5.41) is 12.7. The first-order valence-corrected chi connectivity index (χ1v) is 5.39. The van der Waals surface area contributed by atoms with Gasteiger partial charge in [0.15, 0.2) is 17.4 Å². The Hall–Kier alpha value is -1.95. The molecule has 2 rings (SSSR count). The number of rotatable bonds is 5. The average molecular weight is 254 g/mol. The summed E-state index contributed by atoms with van der Waals surface area (Å²) in [5.74, 6) is -2.07. The van der Waals surface area contributed by atoms with E-state index in [1.54, 1.807) is 23.1 Å². The first kappa shape index (κ1) is 12.5. The maximum Gasteiger partial charge on any atom is 0.190 e. The van der Waals surface area contributed by atoms with E-state index in [9.17, 15) is 8.78 Å². The molecule has 0 spiro atoms. The van der Waals surface area contributed by atoms with E-state index < -0.39 is 24.0 Å². The first-order chi connectivity index (χ1) is 8.70. The largest absolute Gasteiger partial charge is 0.486 e. The molecule has 0 saturated heterocycles. The molecule has 1 N–H and O–H groups in total. The lowest BCUT2D eigenvalue weighted by Crippen LogP contribution is -2.10. The summed E-state index contributed by atoms with van der Waals surface area (Å²) < 4.78 is 33.6. The third kappa shape index (κ3) is 2.84. The van der Waals surface area contributed by atoms with E-state index in [1.807, 2.05) is 0 Å². The SMILES string of the molecule is OCc1cc(F)c(OCCn2cccn2)c(F)c1. The number of aromatic nitrogens is 2. The van der Waals surface area contributed by atoms with Crippen molar-refractivity contribution in [2.75, 3.05) is 6.61 Å². The van der Waals surface area contributed by atoms with Crippen molar-refractivity contribution in [3.8, 4) is 5.75 Å². The molecule has 0 atom stereocenters. The quantitative estimate of drug-likeness (QED) is 0.884. The van der Waals surface area contributed by atoms with E-state index in [2.05, 4.69) is 5.10 Å². The predicted octanol–water partition coefficient (Wildman–Crippen LogP) is 1.73. The Kier molecular flexibility index (Phi) is 3.88. The van der Waals surface area contributed by atoms with Gasteiger partial charge in [-0.1, -0.05) is 0 Å². The molecule has 0 fully saturated rings. The fraction of sp³-hybridized carbons (Fsp3) is 0.250. The van der Waals surface area contributed by atoms with Crippen LogP contribution >= 0.6 is 0 Å². The van der Waals surface area contributed by atoms with Crippen LogP contribution in [0.15, 0.2) is 30.6 Å². The van der Waals surface area contributed by atoms with E-state index in [-0.39, 0.29) is 12.2 Å². The van der Waals surface area contributed by atoms with E-state index in [0.717, 1.165) is 12.1 Å². The van der Waals surface area contributed by atoms with Crippen molar-refractivity contribution < 1.29 is 18.6 Å². The first-order valence-electron chi connectivity index (χ1n) is 5.39. The number of hydrogen-bond donors (Lipinski definition) is 1. The lowest BCUT2D eigenvalue weighted by Gasteiger charge is -2.09. The van der Waals surface area contributed by atoms with Gasteiger partial charge in [-0.2, -0.15) is 5.10 Å². The molecule has 1 aromatic heterocycles. The molecule has 0 aliphatic rings. The molecule has 96 valence electrons. The van der Waals surface area contributed by atoms with Gasteiger partial charge in [0.25, 0.3) is 0 Å². The van der Waals surface area contributed by atoms with Crippen molar-refractivity contribution in [1.29, 1.82) is 0 Å². The van der Waals surface area contributed by atoms with E-state index in [0.29, 0.717) is 6.54 Å². The average Bonchev–Trinajstić information content (AvgIpc) is 2.85. The number of nitrogens with zero attached hydrogens (tertiary/aromatic N) is 2. The lowest BCUT2D eigenvalue weighted by molar-refractivity contribution is 0.260. The zero-order chi connectivity index (χ0) is 13.0. The molecule has 0 saturated carbocycles. The molecule has 0 aliphatic heterocycles. The molecular weight excluding hydrogens is 242 g/mol. The summed E-state index contributed by atoms with van der Waals surface area (Å²) in [5.41, 5.74) is 0.171. The van der Waals surface area contributed by atoms with Crippen molar-refractivity contribution in [3.63, 3.8) is 0 Å². The van der Waals surface area contributed by atoms with Gasteiger partial charge >= 0.3 is 0 Å². The predicted molar refractivity (Wildman–Crippen MR) is 60.0 cm³/mol. The number of halogens is 2. The number of aliphatic hydroxyl groups excluding tert-OH is 1. The van der Waals surface area contributed by atoms with Crippen LogP contribution in [0.4, 0.5) is 8.78 Å². The van der Waals surface area contributed by atoms with Crippen LogP contribution in [0.3, 0.4) is 0 Å². The van der Waals surface area contributed by atoms with Crippen LogP contribution in [0, 0.1) is 11.6 Å². The van der Waals surface area contributed by atoms with Crippen LogP contribution in [0.25, 0.3) is 0 Å². The van der Waals surface area contributed by atoms with Gasteiger partial charge in [0, 0.05) is 12.4 Å². The van der Waals surface area contributed by atoms with Crippen molar-refractivity contribution in [2.45, 2.75) is 13.2 Å². The maximum absolute atomic E-state index is 13.5. The Bertz CT molecular complexity index is 492. The summed E-state index contributed by atoms with van der Waals surface area (Å²) in [6.07, 6.45) is 3.34. The summed E-state index contributed by atoms with van der Waals surface area (Å²) in [4.78, 5) is 0. The molecule has 0 amide bonds. The normalized spacial score (nSPS) is 10.6. The molecule has 1 aromatic carbocycles. The minimum atomic E-state index is -0.820. The Morgan fingerprint density at radius 2 is 2.00 bits per heavy atom. The highest BCUT2D eigenvalue weighted by molar-refractivity contribution is 5.31. The van der Waals surface area contributed by atoms with Crippen LogP contribution in [-0.4, -0.2) is 21.5 Å². The molecule has 4 nitrogen and oxygen atoms in total. The maximum atomic E-state index is 13.5. The van der Waals surface area contributed by atoms with E-state index in [1.165, 1.54) is 0 Å². The number of ether oxygens (including phenoxy) is 1. The Morgan fingerprint density at radius 1 is 1.28 bits per heavy atom. The van der Waals surface area contributed by atoms with Gasteiger partial charge in [-0.3, -0.25) is 4.68 Å². The summed E-state index contributed by atoms with van der Waals surface area (Å²) in [7, 11) is 0. The fourth-order valence-corrected chi connectivity index (χ4v) is 1.52. The van der Waals surface area contributed by atoms with E-state index in [4.69, 9.17) is 9.84 Å². The smallest absolute Gasteiger partial charge is 0.190 e. The lowest BCUT2D eigenvalue weighted by atomic mass is 10.2. The molecular formula is C12H12F2N2O2. The number of hydrogen-bond acceptors (Lipinski definition) is 3. The molecule has 0 radical (unpaired) electrons. The Balaban J connectivity index is 2.01. The number of benzene rings is 1. The highest BCUT2D eigenvalue weighted by Crippen LogP contribution is 2.23. The molecule has 18 heavy (non-hydrogen) atoms. The zero-order valence-corrected chi connectivity index (χ0v) is 9.51. The molecule has 0 aliphatic carbocycles. The monoisotopic (exact) mass is 254 g/mol. The van der Waals surface area contributed by atoms with E-state index >= 15 is 0 Å². The van der Waals surface area contributed by atoms with Gasteiger partial charge < -0.3 is 9.84 Å². The fourth-order valence-electron chi connectivity index (χ4n) is 1.52. The van der Waals surface area contributed by atoms with Crippen molar-refractivity contribution in [1.82, 2.24) is 9.78 Å².